The van der Waals surface area contributed by atoms with E-state index in [0.29, 0.717) is 72.9 Å². The van der Waals surface area contributed by atoms with E-state index in [1.165, 1.54) is 37.6 Å². The Morgan fingerprint density at radius 3 is 1.19 bits per heavy atom. The number of carbonyl (C=O) groups is 6. The topological polar surface area (TPSA) is 206 Å². The molecule has 4 amide bonds. The van der Waals surface area contributed by atoms with Crippen molar-refractivity contribution in [2.45, 2.75) is 77.5 Å². The first-order valence-electron chi connectivity index (χ1n) is 20.6. The number of nitrogens with one attached hydrogen (secondary N) is 2. The molecule has 0 aliphatic carbocycles. The van der Waals surface area contributed by atoms with Gasteiger partial charge < -0.3 is 39.4 Å². The van der Waals surface area contributed by atoms with Crippen molar-refractivity contribution < 1.29 is 47.7 Å². The maximum absolute atomic E-state index is 13.8. The Balaban J connectivity index is 1.25. The van der Waals surface area contributed by atoms with E-state index in [0.717, 1.165) is 11.1 Å². The van der Waals surface area contributed by atoms with Crippen molar-refractivity contribution in [1.82, 2.24) is 39.5 Å². The van der Waals surface area contributed by atoms with Gasteiger partial charge in [-0.25, -0.2) is 38.3 Å². The van der Waals surface area contributed by atoms with Gasteiger partial charge in [-0.15, -0.1) is 0 Å². The molecule has 2 aliphatic heterocycles. The van der Waals surface area contributed by atoms with Crippen LogP contribution in [0.1, 0.15) is 77.1 Å². The Kier molecular flexibility index (Phi) is 14.0. The summed E-state index contributed by atoms with van der Waals surface area (Å²) in [6.45, 7) is 8.18. The van der Waals surface area contributed by atoms with Gasteiger partial charge >= 0.3 is 24.4 Å². The molecule has 2 saturated heterocycles. The number of amides is 4. The molecule has 4 aromatic rings. The number of methoxy groups -OCH3 is 4. The smallest absolute Gasteiger partial charge is 0.419 e. The van der Waals surface area contributed by atoms with E-state index in [9.17, 15) is 28.8 Å². The molecule has 18 heteroatoms. The number of benzene rings is 2. The van der Waals surface area contributed by atoms with Crippen LogP contribution < -0.4 is 10.6 Å². The Morgan fingerprint density at radius 1 is 0.548 bits per heavy atom. The van der Waals surface area contributed by atoms with E-state index < -0.39 is 48.5 Å². The summed E-state index contributed by atoms with van der Waals surface area (Å²) in [4.78, 5) is 91.0. The molecule has 6 rings (SSSR count). The highest BCUT2D eigenvalue weighted by atomic mass is 16.6. The van der Waals surface area contributed by atoms with Crippen LogP contribution >= 0.6 is 0 Å². The van der Waals surface area contributed by atoms with Gasteiger partial charge in [0, 0.05) is 24.2 Å². The van der Waals surface area contributed by atoms with Gasteiger partial charge in [-0.2, -0.15) is 0 Å². The van der Waals surface area contributed by atoms with E-state index in [1.807, 2.05) is 76.2 Å². The zero-order chi connectivity index (χ0) is 44.8. The minimum atomic E-state index is -0.833. The van der Waals surface area contributed by atoms with E-state index in [-0.39, 0.29) is 23.7 Å². The van der Waals surface area contributed by atoms with Crippen molar-refractivity contribution in [2.75, 3.05) is 41.5 Å². The Morgan fingerprint density at radius 2 is 0.887 bits per heavy atom. The largest absolute Gasteiger partial charge is 0.453 e. The number of rotatable bonds is 11. The number of aromatic nitrogens is 4. The van der Waals surface area contributed by atoms with Crippen LogP contribution in [0.2, 0.25) is 0 Å². The first-order chi connectivity index (χ1) is 29.7. The van der Waals surface area contributed by atoms with Crippen LogP contribution in [-0.2, 0) is 28.5 Å². The molecule has 0 saturated carbocycles. The minimum absolute atomic E-state index is 0.223. The fraction of sp³-hybridized carbons (Fsp3) is 0.455. The third kappa shape index (κ3) is 8.99. The lowest BCUT2D eigenvalue weighted by Crippen LogP contribution is -2.51. The van der Waals surface area contributed by atoms with Crippen molar-refractivity contribution in [3.63, 3.8) is 0 Å². The highest BCUT2D eigenvalue weighted by Crippen LogP contribution is 2.37. The van der Waals surface area contributed by atoms with Gasteiger partial charge in [0.15, 0.2) is 0 Å². The second-order valence-corrected chi connectivity index (χ2v) is 15.9. The quantitative estimate of drug-likeness (QED) is 0.157. The van der Waals surface area contributed by atoms with Crippen LogP contribution in [0, 0.1) is 11.8 Å². The Labute approximate surface area is 359 Å². The van der Waals surface area contributed by atoms with E-state index in [2.05, 4.69) is 20.6 Å². The molecule has 4 heterocycles. The average molecular weight is 855 g/mol. The van der Waals surface area contributed by atoms with Gasteiger partial charge in [0.1, 0.15) is 23.7 Å². The van der Waals surface area contributed by atoms with Gasteiger partial charge in [0.25, 0.3) is 0 Å². The SMILES string of the molecule is COC(=O)N[C@H](C(=O)N1CCC[C@H]1c1ncc(-c2ccc(-c3ccc(-c4cnc([C@@H]5CCCN5C(=O)[C@@H](NC(=O)OC)C(C)C)n4C(=O)OC)cc3)cc2)n1C(=O)OC)C(C)C. The summed E-state index contributed by atoms with van der Waals surface area (Å²) in [7, 11) is 5.05. The summed E-state index contributed by atoms with van der Waals surface area (Å²) in [6, 6.07) is 12.4. The second kappa shape index (κ2) is 19.3. The summed E-state index contributed by atoms with van der Waals surface area (Å²) >= 11 is 0. The van der Waals surface area contributed by atoms with Crippen molar-refractivity contribution in [3.05, 3.63) is 72.6 Å². The van der Waals surface area contributed by atoms with Crippen LogP contribution in [0.4, 0.5) is 19.2 Å². The molecule has 2 aliphatic rings. The summed E-state index contributed by atoms with van der Waals surface area (Å²) in [5.41, 5.74) is 4.08. The van der Waals surface area contributed by atoms with Crippen molar-refractivity contribution in [2.24, 2.45) is 11.8 Å². The lowest BCUT2D eigenvalue weighted by molar-refractivity contribution is -0.136. The van der Waals surface area contributed by atoms with Crippen molar-refractivity contribution in [3.8, 4) is 33.6 Å². The van der Waals surface area contributed by atoms with Crippen LogP contribution in [0.5, 0.6) is 0 Å². The molecule has 0 radical (unpaired) electrons. The minimum Gasteiger partial charge on any atom is -0.453 e. The van der Waals surface area contributed by atoms with Gasteiger partial charge in [-0.1, -0.05) is 76.2 Å². The highest BCUT2D eigenvalue weighted by molar-refractivity contribution is 5.88. The molecule has 0 spiro atoms. The van der Waals surface area contributed by atoms with Gasteiger partial charge in [0.2, 0.25) is 11.8 Å². The number of likely N-dealkylation sites (tertiary alicyclic amines) is 2. The van der Waals surface area contributed by atoms with Crippen molar-refractivity contribution in [1.29, 1.82) is 0 Å². The number of ether oxygens (including phenoxy) is 4. The zero-order valence-corrected chi connectivity index (χ0v) is 36.2. The maximum Gasteiger partial charge on any atom is 0.419 e. The maximum atomic E-state index is 13.8. The third-order valence-electron chi connectivity index (χ3n) is 11.4. The zero-order valence-electron chi connectivity index (χ0n) is 36.2. The van der Waals surface area contributed by atoms with Crippen molar-refractivity contribution >= 4 is 36.2 Å². The van der Waals surface area contributed by atoms with E-state index >= 15 is 0 Å². The highest BCUT2D eigenvalue weighted by Gasteiger charge is 2.41. The van der Waals surface area contributed by atoms with E-state index in [1.54, 1.807) is 22.2 Å². The van der Waals surface area contributed by atoms with Crippen LogP contribution in [0.25, 0.3) is 33.6 Å². The summed E-state index contributed by atoms with van der Waals surface area (Å²) in [5, 5.41) is 5.29. The van der Waals surface area contributed by atoms with E-state index in [4.69, 9.17) is 18.9 Å². The summed E-state index contributed by atoms with van der Waals surface area (Å²) in [6.07, 6.45) is 2.93. The molecule has 2 aromatic carbocycles. The lowest BCUT2D eigenvalue weighted by atomic mass is 10.0. The normalized spacial score (nSPS) is 17.1. The predicted molar refractivity (Wildman–Crippen MR) is 226 cm³/mol. The number of hydrogen-bond donors (Lipinski definition) is 2. The number of hydrogen-bond acceptors (Lipinski definition) is 12. The van der Waals surface area contributed by atoms with Crippen LogP contribution in [0.15, 0.2) is 60.9 Å². The van der Waals surface area contributed by atoms with Crippen LogP contribution in [0.3, 0.4) is 0 Å². The number of carbonyl (C=O) groups excluding carboxylic acids is 6. The summed E-state index contributed by atoms with van der Waals surface area (Å²) in [5.74, 6) is -0.320. The lowest BCUT2D eigenvalue weighted by Gasteiger charge is -2.30. The molecule has 330 valence electrons. The van der Waals surface area contributed by atoms with Crippen LogP contribution in [-0.4, -0.2) is 119 Å². The fourth-order valence-electron chi connectivity index (χ4n) is 8.20. The molecule has 4 atom stereocenters. The first kappa shape index (κ1) is 44.8. The molecular formula is C44H54N8O10. The summed E-state index contributed by atoms with van der Waals surface area (Å²) < 4.78 is 22.7. The number of imidazole rings is 2. The number of alkyl carbamates (subject to hydrolysis) is 2. The Bertz CT molecular complexity index is 2120. The van der Waals surface area contributed by atoms with Gasteiger partial charge in [0.05, 0.1) is 64.3 Å². The molecule has 18 nitrogen and oxygen atoms in total. The molecule has 2 fully saturated rings. The standard InChI is InChI=1S/C44H54N8O10/c1-25(2)35(47-41(55)59-5)39(53)49-21-9-11-31(49)37-45-23-33(51(37)43(57)61-7)29-17-13-27(14-18-29)28-15-19-30(20-16-28)34-24-46-38(52(34)44(58)62-8)32-12-10-22-50(32)40(54)36(26(3)4)48-42(56)60-6/h13-20,23-26,31-32,35-36H,9-12,21-22H2,1-8H3,(H,47,55)(H,48,56)/t31-,32-,35-,36-/m0/s1. The fourth-order valence-corrected chi connectivity index (χ4v) is 8.20. The average Bonchev–Trinajstić information content (AvgIpc) is 4.12. The molecular weight excluding hydrogens is 801 g/mol. The van der Waals surface area contributed by atoms with Gasteiger partial charge in [-0.05, 0) is 48.6 Å². The molecule has 2 N–H and O–H groups in total. The first-order valence-corrected chi connectivity index (χ1v) is 20.6. The number of nitrogens with zero attached hydrogens (tertiary/aromatic N) is 6. The monoisotopic (exact) mass is 854 g/mol. The van der Waals surface area contributed by atoms with Gasteiger partial charge in [-0.3, -0.25) is 9.59 Å². The predicted octanol–water partition coefficient (Wildman–Crippen LogP) is 6.40. The molecule has 62 heavy (non-hydrogen) atoms. The molecule has 0 bridgehead atoms. The molecule has 0 unspecified atom stereocenters. The third-order valence-corrected chi connectivity index (χ3v) is 11.4. The second-order valence-electron chi connectivity index (χ2n) is 15.9. The molecule has 2 aromatic heterocycles. The Hall–Kier alpha value is -6.72.